The molecule has 1 N–H and O–H groups in total. The van der Waals surface area contributed by atoms with Crippen LogP contribution in [0.3, 0.4) is 0 Å². The minimum Gasteiger partial charge on any atom is -0.486 e. The molecule has 7 heteroatoms. The predicted octanol–water partition coefficient (Wildman–Crippen LogP) is 7.86. The number of nitrogens with one attached hydrogen (secondary N) is 1. The summed E-state index contributed by atoms with van der Waals surface area (Å²) in [6, 6.07) is 30.4. The van der Waals surface area contributed by atoms with Crippen LogP contribution in [0.15, 0.2) is 102 Å². The lowest BCUT2D eigenvalue weighted by Gasteiger charge is -2.11. The molecule has 0 aliphatic rings. The first-order chi connectivity index (χ1) is 18.5. The Kier molecular flexibility index (Phi) is 7.68. The summed E-state index contributed by atoms with van der Waals surface area (Å²) in [7, 11) is 0. The van der Waals surface area contributed by atoms with E-state index in [1.54, 1.807) is 18.2 Å². The summed E-state index contributed by atoms with van der Waals surface area (Å²) in [6.45, 7) is 2.37. The van der Waals surface area contributed by atoms with Gasteiger partial charge in [-0.25, -0.2) is 10.4 Å². The summed E-state index contributed by atoms with van der Waals surface area (Å²) < 4.78 is 5.87. The number of pyridine rings is 1. The number of amides is 1. The van der Waals surface area contributed by atoms with Crippen LogP contribution >= 0.6 is 23.2 Å². The van der Waals surface area contributed by atoms with Gasteiger partial charge < -0.3 is 4.74 Å². The fraction of sp³-hybridized carbons (Fsp3) is 0.0645. The first kappa shape index (κ1) is 25.5. The number of hydrogen-bond acceptors (Lipinski definition) is 4. The molecule has 1 amide bonds. The van der Waals surface area contributed by atoms with Crippen LogP contribution in [0.4, 0.5) is 0 Å². The molecule has 1 aromatic heterocycles. The third kappa shape index (κ3) is 5.86. The number of rotatable bonds is 7. The van der Waals surface area contributed by atoms with E-state index in [1.165, 1.54) is 6.21 Å². The number of halogens is 2. The highest BCUT2D eigenvalue weighted by Gasteiger charge is 2.14. The van der Waals surface area contributed by atoms with Gasteiger partial charge >= 0.3 is 0 Å². The van der Waals surface area contributed by atoms with Crippen molar-refractivity contribution >= 4 is 46.2 Å². The Balaban J connectivity index is 1.33. The van der Waals surface area contributed by atoms with Crippen molar-refractivity contribution in [3.63, 3.8) is 0 Å². The van der Waals surface area contributed by atoms with Gasteiger partial charge in [0.15, 0.2) is 5.75 Å². The third-order valence-electron chi connectivity index (χ3n) is 5.90. The van der Waals surface area contributed by atoms with Crippen molar-refractivity contribution in [3.8, 4) is 17.0 Å². The lowest BCUT2D eigenvalue weighted by Crippen LogP contribution is -2.18. The monoisotopic (exact) mass is 539 g/mol. The number of carbonyl (C=O) groups is 1. The molecule has 0 bridgehead atoms. The van der Waals surface area contributed by atoms with E-state index in [0.717, 1.165) is 27.6 Å². The van der Waals surface area contributed by atoms with Crippen LogP contribution in [0, 0.1) is 6.92 Å². The molecule has 0 atom stereocenters. The minimum atomic E-state index is -0.354. The number of hydrazone groups is 1. The van der Waals surface area contributed by atoms with Gasteiger partial charge in [0, 0.05) is 10.9 Å². The van der Waals surface area contributed by atoms with Gasteiger partial charge in [-0.2, -0.15) is 5.10 Å². The van der Waals surface area contributed by atoms with E-state index in [1.807, 2.05) is 85.8 Å². The second kappa shape index (κ2) is 11.5. The summed E-state index contributed by atoms with van der Waals surface area (Å²) in [5, 5.41) is 5.58. The maximum absolute atomic E-state index is 13.1. The molecule has 0 fully saturated rings. The Bertz CT molecular complexity index is 1630. The molecular formula is C31H23Cl2N3O2. The fourth-order valence-electron chi connectivity index (χ4n) is 4.10. The predicted molar refractivity (Wildman–Crippen MR) is 154 cm³/mol. The average Bonchev–Trinajstić information content (AvgIpc) is 2.92. The standard InChI is InChI=1S/C31H23Cl2N3O2/c1-20-8-7-9-21(14-20)19-38-30-26(32)15-22(16-27(30)33)18-34-36-31(37)25-17-29(23-10-3-2-4-11-23)35-28-13-6-5-12-24(25)28/h2-18H,19H2,1H3,(H,36,37)/b34-18+. The van der Waals surface area contributed by atoms with Crippen molar-refractivity contribution in [1.29, 1.82) is 0 Å². The fourth-order valence-corrected chi connectivity index (χ4v) is 4.71. The van der Waals surface area contributed by atoms with Gasteiger partial charge in [0.2, 0.25) is 0 Å². The summed E-state index contributed by atoms with van der Waals surface area (Å²) in [5.41, 5.74) is 8.22. The molecule has 5 aromatic rings. The van der Waals surface area contributed by atoms with E-state index >= 15 is 0 Å². The lowest BCUT2D eigenvalue weighted by atomic mass is 10.0. The molecule has 4 aromatic carbocycles. The zero-order valence-corrected chi connectivity index (χ0v) is 22.0. The first-order valence-electron chi connectivity index (χ1n) is 11.9. The van der Waals surface area contributed by atoms with Gasteiger partial charge in [-0.15, -0.1) is 0 Å². The second-order valence-electron chi connectivity index (χ2n) is 8.73. The Morgan fingerprint density at radius 3 is 2.42 bits per heavy atom. The Hall–Kier alpha value is -4.19. The summed E-state index contributed by atoms with van der Waals surface area (Å²) in [5.74, 6) is 0.0417. The largest absolute Gasteiger partial charge is 0.486 e. The number of benzene rings is 4. The van der Waals surface area contributed by atoms with E-state index in [0.29, 0.717) is 39.2 Å². The summed E-state index contributed by atoms with van der Waals surface area (Å²) in [4.78, 5) is 17.9. The molecule has 38 heavy (non-hydrogen) atoms. The van der Waals surface area contributed by atoms with Gasteiger partial charge in [-0.05, 0) is 42.3 Å². The first-order valence-corrected chi connectivity index (χ1v) is 12.7. The van der Waals surface area contributed by atoms with Gasteiger partial charge in [0.1, 0.15) is 6.61 Å². The molecule has 0 radical (unpaired) electrons. The molecule has 0 saturated heterocycles. The molecule has 0 aliphatic carbocycles. The van der Waals surface area contributed by atoms with Crippen molar-refractivity contribution in [2.24, 2.45) is 5.10 Å². The van der Waals surface area contributed by atoms with Gasteiger partial charge in [0.25, 0.3) is 5.91 Å². The van der Waals surface area contributed by atoms with Crippen LogP contribution in [0.2, 0.25) is 10.0 Å². The zero-order valence-electron chi connectivity index (χ0n) is 20.5. The van der Waals surface area contributed by atoms with E-state index < -0.39 is 0 Å². The van der Waals surface area contributed by atoms with Crippen LogP contribution in [0.5, 0.6) is 5.75 Å². The third-order valence-corrected chi connectivity index (χ3v) is 6.46. The topological polar surface area (TPSA) is 63.6 Å². The van der Waals surface area contributed by atoms with Crippen molar-refractivity contribution in [1.82, 2.24) is 10.4 Å². The number of fused-ring (bicyclic) bond motifs is 1. The summed E-state index contributed by atoms with van der Waals surface area (Å²) in [6.07, 6.45) is 1.49. The summed E-state index contributed by atoms with van der Waals surface area (Å²) >= 11 is 12.9. The minimum absolute atomic E-state index is 0.343. The van der Waals surface area contributed by atoms with Gasteiger partial charge in [0.05, 0.1) is 33.0 Å². The SMILES string of the molecule is Cc1cccc(COc2c(Cl)cc(/C=N/NC(=O)c3cc(-c4ccccc4)nc4ccccc34)cc2Cl)c1. The molecule has 5 rings (SSSR count). The van der Waals surface area contributed by atoms with Crippen LogP contribution in [-0.4, -0.2) is 17.1 Å². The molecular weight excluding hydrogens is 517 g/mol. The Morgan fingerprint density at radius 1 is 0.921 bits per heavy atom. The normalized spacial score (nSPS) is 11.1. The highest BCUT2D eigenvalue weighted by atomic mass is 35.5. The van der Waals surface area contributed by atoms with Crippen LogP contribution in [0.1, 0.15) is 27.0 Å². The maximum Gasteiger partial charge on any atom is 0.272 e. The number of aryl methyl sites for hydroxylation is 1. The van der Waals surface area contributed by atoms with Crippen LogP contribution in [0.25, 0.3) is 22.2 Å². The average molecular weight is 540 g/mol. The number of hydrogen-bond donors (Lipinski definition) is 1. The number of aromatic nitrogens is 1. The van der Waals surface area contributed by atoms with Crippen molar-refractivity contribution < 1.29 is 9.53 Å². The van der Waals surface area contributed by atoms with E-state index in [9.17, 15) is 4.79 Å². The smallest absolute Gasteiger partial charge is 0.272 e. The quantitative estimate of drug-likeness (QED) is 0.169. The van der Waals surface area contributed by atoms with Crippen molar-refractivity contribution in [2.45, 2.75) is 13.5 Å². The highest BCUT2D eigenvalue weighted by Crippen LogP contribution is 2.34. The number of carbonyl (C=O) groups excluding carboxylic acids is 1. The Morgan fingerprint density at radius 2 is 1.66 bits per heavy atom. The molecule has 188 valence electrons. The van der Waals surface area contributed by atoms with Gasteiger partial charge in [-0.3, -0.25) is 4.79 Å². The molecule has 0 unspecified atom stereocenters. The van der Waals surface area contributed by atoms with E-state index in [4.69, 9.17) is 32.9 Å². The van der Waals surface area contributed by atoms with Crippen molar-refractivity contribution in [2.75, 3.05) is 0 Å². The lowest BCUT2D eigenvalue weighted by molar-refractivity contribution is 0.0956. The number of para-hydroxylation sites is 1. The maximum atomic E-state index is 13.1. The second-order valence-corrected chi connectivity index (χ2v) is 9.54. The van der Waals surface area contributed by atoms with Gasteiger partial charge in [-0.1, -0.05) is 102 Å². The number of nitrogens with zero attached hydrogens (tertiary/aromatic N) is 2. The highest BCUT2D eigenvalue weighted by molar-refractivity contribution is 6.37. The van der Waals surface area contributed by atoms with E-state index in [2.05, 4.69) is 10.5 Å². The molecule has 5 nitrogen and oxygen atoms in total. The molecule has 0 spiro atoms. The number of ether oxygens (including phenoxy) is 1. The van der Waals surface area contributed by atoms with Crippen LogP contribution < -0.4 is 10.2 Å². The van der Waals surface area contributed by atoms with Crippen molar-refractivity contribution in [3.05, 3.63) is 129 Å². The van der Waals surface area contributed by atoms with Crippen LogP contribution in [-0.2, 0) is 6.61 Å². The molecule has 0 aliphatic heterocycles. The Labute approximate surface area is 230 Å². The molecule has 1 heterocycles. The molecule has 0 saturated carbocycles. The van der Waals surface area contributed by atoms with E-state index in [-0.39, 0.29) is 5.91 Å². The zero-order chi connectivity index (χ0) is 26.5.